The van der Waals surface area contributed by atoms with Gasteiger partial charge in [0.05, 0.1) is 32.5 Å². The van der Waals surface area contributed by atoms with Gasteiger partial charge in [-0.15, -0.1) is 0 Å². The van der Waals surface area contributed by atoms with Crippen LogP contribution < -0.4 is 10.6 Å². The van der Waals surface area contributed by atoms with E-state index >= 15 is 4.79 Å². The molecule has 2 fully saturated rings. The maximum Gasteiger partial charge on any atom is 0.470 e. The molecular weight excluding hydrogens is 1550 g/mol. The first kappa shape index (κ1) is 113. The number of nitrogens with one attached hydrogen (secondary N) is 2. The molecule has 13 atom stereocenters. The number of rotatable bonds is 84. The molecule has 0 aromatic carbocycles. The largest absolute Gasteiger partial charge is 0.470 e. The van der Waals surface area contributed by atoms with E-state index in [-0.39, 0.29) is 32.1 Å². The number of aliphatic hydroxyl groups excluding tert-OH is 4. The van der Waals surface area contributed by atoms with E-state index in [9.17, 15) is 58.8 Å². The first-order valence-electron chi connectivity index (χ1n) is 49.9. The Bertz CT molecular complexity index is 2510. The predicted octanol–water partition coefficient (Wildman–Crippen LogP) is 22.3. The normalized spacial score (nSPS) is 20.2. The van der Waals surface area contributed by atoms with Crippen LogP contribution in [0.15, 0.2) is 0 Å². The summed E-state index contributed by atoms with van der Waals surface area (Å²) < 4.78 is 61.5. The van der Waals surface area contributed by atoms with Gasteiger partial charge in [0.1, 0.15) is 60.9 Å². The van der Waals surface area contributed by atoms with Crippen LogP contribution in [0.1, 0.15) is 485 Å². The third-order valence-corrected chi connectivity index (χ3v) is 24.6. The Morgan fingerprint density at radius 3 is 0.900 bits per heavy atom. The lowest BCUT2D eigenvalue weighted by Gasteiger charge is -2.46. The molecule has 8 N–H and O–H groups in total. The number of hydrogen-bond donors (Lipinski definition) is 8. The van der Waals surface area contributed by atoms with E-state index in [2.05, 4.69) is 52.2 Å². The van der Waals surface area contributed by atoms with E-state index < -0.39 is 149 Å². The SMILES string of the molecule is CCCCCCCCCCCCCC(=O)O[C@H](CCCCCCCCCCC)CC(=O)N[C@@H]1[C@@H](O)[C@H](O)[C@@H](CO[C@@H]2O[C@H](CO)[C@@H](OP(=O)(O)O)[C@H](OC(=O)C[C@@H](CCCCCCCCCCC)OC(=O)CCCCCCCCCCCCC)[C@H]2NC(=O)C[C@@H](CCCCCCCCCCC)OC(=O)CCCCCCCCCCCCC)O[C@H]1O. The van der Waals surface area contributed by atoms with Crippen molar-refractivity contribution in [1.82, 2.24) is 10.6 Å². The van der Waals surface area contributed by atoms with E-state index in [0.717, 1.165) is 173 Å². The molecule has 0 bridgehead atoms. The monoisotopic (exact) mass is 1730 g/mol. The molecule has 120 heavy (non-hydrogen) atoms. The Labute approximate surface area is 729 Å². The van der Waals surface area contributed by atoms with Crippen molar-refractivity contribution in [3.8, 4) is 0 Å². The molecule has 0 aliphatic carbocycles. The van der Waals surface area contributed by atoms with Crippen molar-refractivity contribution in [3.05, 3.63) is 0 Å². The van der Waals surface area contributed by atoms with E-state index in [4.69, 9.17) is 37.7 Å². The Kier molecular flexibility index (Phi) is 72.2. The van der Waals surface area contributed by atoms with Crippen molar-refractivity contribution in [2.24, 2.45) is 0 Å². The first-order chi connectivity index (χ1) is 58.2. The molecule has 706 valence electrons. The number of phosphoric acid groups is 1. The average Bonchev–Trinajstić information content (AvgIpc) is 0.774. The van der Waals surface area contributed by atoms with Gasteiger partial charge < -0.3 is 74.0 Å². The predicted molar refractivity (Wildman–Crippen MR) is 478 cm³/mol. The molecule has 2 heterocycles. The van der Waals surface area contributed by atoms with E-state index in [0.29, 0.717) is 51.4 Å². The van der Waals surface area contributed by atoms with Crippen molar-refractivity contribution in [2.75, 3.05) is 13.2 Å². The van der Waals surface area contributed by atoms with Gasteiger partial charge in [-0.1, -0.05) is 388 Å². The highest BCUT2D eigenvalue weighted by Gasteiger charge is 2.53. The fourth-order valence-electron chi connectivity index (χ4n) is 16.7. The molecule has 24 heteroatoms. The molecule has 0 spiro atoms. The van der Waals surface area contributed by atoms with Crippen molar-refractivity contribution in [1.29, 1.82) is 0 Å². The summed E-state index contributed by atoms with van der Waals surface area (Å²) in [5.41, 5.74) is 0. The van der Waals surface area contributed by atoms with Crippen LogP contribution in [0.2, 0.25) is 0 Å². The maximum absolute atomic E-state index is 15.0. The van der Waals surface area contributed by atoms with Crippen LogP contribution >= 0.6 is 7.82 Å². The van der Waals surface area contributed by atoms with Crippen LogP contribution in [0.3, 0.4) is 0 Å². The zero-order chi connectivity index (χ0) is 87.7. The van der Waals surface area contributed by atoms with E-state index in [1.54, 1.807) is 0 Å². The topological polar surface area (TPSA) is 339 Å². The lowest BCUT2D eigenvalue weighted by atomic mass is 9.95. The van der Waals surface area contributed by atoms with Gasteiger partial charge in [0.2, 0.25) is 11.8 Å². The standard InChI is InChI=1S/C96H181N2O21P/c1-7-13-19-25-31-37-40-46-52-58-64-70-85(102)113-78(67-61-55-49-43-34-28-22-16-10-4)73-83(100)97-89-92(107)91(106)82(116-95(89)108)77-112-96-90(98-84(101)74-79(68-62-56-50-44-35-29-23-17-11-5)114-86(103)71-65-59-53-47-41-38-32-26-20-14-8-2)94(93(81(76-99)117-96)119-120(109,110)111)118-88(105)75-80(69-63-57-51-45-36-30-24-18-12-6)115-87(104)72-66-60-54-48-42-39-33-27-21-15-9-3/h78-82,89-96,99,106-108H,7-77H2,1-6H3,(H,97,100)(H,98,101)(H2,109,110,111)/t78-,79-,80-,81-,82-,89-,90-,91-,92-,93-,94-,95-,96-/m1/s1. The Balaban J connectivity index is 2.58. The molecule has 0 unspecified atom stereocenters. The average molecular weight is 1730 g/mol. The fraction of sp³-hybridized carbons (Fsp3) is 0.938. The third kappa shape index (κ3) is 60.3. The summed E-state index contributed by atoms with van der Waals surface area (Å²) in [6, 6.07) is -3.37. The van der Waals surface area contributed by atoms with Gasteiger partial charge in [-0.3, -0.25) is 33.3 Å². The second kappa shape index (κ2) is 76.8. The molecule has 2 amide bonds. The molecule has 0 aromatic rings. The minimum absolute atomic E-state index is 0.124. The van der Waals surface area contributed by atoms with Gasteiger partial charge in [-0.05, 0) is 57.8 Å². The summed E-state index contributed by atoms with van der Waals surface area (Å²) >= 11 is 0. The van der Waals surface area contributed by atoms with Crippen molar-refractivity contribution >= 4 is 43.5 Å². The van der Waals surface area contributed by atoms with E-state index in [1.807, 2.05) is 0 Å². The number of phosphoric ester groups is 1. The molecular formula is C96H181N2O21P. The minimum atomic E-state index is -5.58. The van der Waals surface area contributed by atoms with Crippen LogP contribution in [0, 0.1) is 0 Å². The number of hydrogen-bond acceptors (Lipinski definition) is 19. The van der Waals surface area contributed by atoms with Crippen molar-refractivity contribution in [3.63, 3.8) is 0 Å². The zero-order valence-electron chi connectivity index (χ0n) is 77.0. The van der Waals surface area contributed by atoms with Crippen molar-refractivity contribution in [2.45, 2.75) is 564 Å². The molecule has 23 nitrogen and oxygen atoms in total. The second-order valence-electron chi connectivity index (χ2n) is 35.5. The van der Waals surface area contributed by atoms with Gasteiger partial charge in [0, 0.05) is 19.3 Å². The van der Waals surface area contributed by atoms with Crippen LogP contribution in [-0.4, -0.2) is 159 Å². The van der Waals surface area contributed by atoms with Crippen molar-refractivity contribution < 1.29 is 101 Å². The summed E-state index contributed by atoms with van der Waals surface area (Å²) in [5, 5.41) is 51.8. The highest BCUT2D eigenvalue weighted by Crippen LogP contribution is 2.43. The number of ether oxygens (including phenoxy) is 7. The lowest BCUT2D eigenvalue weighted by Crippen LogP contribution is -2.67. The smallest absolute Gasteiger partial charge is 0.462 e. The highest BCUT2D eigenvalue weighted by atomic mass is 31.2. The summed E-state index contributed by atoms with van der Waals surface area (Å²) in [6.07, 6.45) is 46.7. The number of carbonyl (C=O) groups excluding carboxylic acids is 6. The molecule has 2 aliphatic rings. The summed E-state index contributed by atoms with van der Waals surface area (Å²) in [6.45, 7) is 11.4. The molecule has 2 saturated heterocycles. The van der Waals surface area contributed by atoms with E-state index in [1.165, 1.54) is 173 Å². The summed E-state index contributed by atoms with van der Waals surface area (Å²) in [7, 11) is -5.58. The number of esters is 4. The number of carbonyl (C=O) groups is 6. The van der Waals surface area contributed by atoms with Gasteiger partial charge in [0.15, 0.2) is 18.7 Å². The quantitative estimate of drug-likeness (QED) is 0.0121. The Morgan fingerprint density at radius 2 is 0.608 bits per heavy atom. The van der Waals surface area contributed by atoms with Crippen LogP contribution in [-0.2, 0) is 71.0 Å². The molecule has 0 radical (unpaired) electrons. The number of unbranched alkanes of at least 4 members (excludes halogenated alkanes) is 54. The Hall–Kier alpha value is -3.35. The maximum atomic E-state index is 15.0. The summed E-state index contributed by atoms with van der Waals surface area (Å²) in [4.78, 5) is 106. The Morgan fingerprint density at radius 1 is 0.333 bits per heavy atom. The zero-order valence-corrected chi connectivity index (χ0v) is 77.9. The lowest BCUT2D eigenvalue weighted by molar-refractivity contribution is -0.297. The second-order valence-corrected chi connectivity index (χ2v) is 36.7. The number of amides is 2. The van der Waals surface area contributed by atoms with Gasteiger partial charge >= 0.3 is 31.7 Å². The van der Waals surface area contributed by atoms with Crippen LogP contribution in [0.25, 0.3) is 0 Å². The first-order valence-corrected chi connectivity index (χ1v) is 51.4. The van der Waals surface area contributed by atoms with Gasteiger partial charge in [0.25, 0.3) is 0 Å². The summed E-state index contributed by atoms with van der Waals surface area (Å²) in [5.74, 6) is -3.84. The molecule has 0 aromatic heterocycles. The van der Waals surface area contributed by atoms with Gasteiger partial charge in [-0.25, -0.2) is 4.57 Å². The van der Waals surface area contributed by atoms with Crippen LogP contribution in [0.5, 0.6) is 0 Å². The molecule has 0 saturated carbocycles. The molecule has 2 rings (SSSR count). The van der Waals surface area contributed by atoms with Gasteiger partial charge in [-0.2, -0.15) is 0 Å². The fourth-order valence-corrected chi connectivity index (χ4v) is 17.3. The minimum Gasteiger partial charge on any atom is -0.462 e. The van der Waals surface area contributed by atoms with Crippen LogP contribution in [0.4, 0.5) is 0 Å². The number of aliphatic hydroxyl groups is 4. The molecule has 2 aliphatic heterocycles. The highest BCUT2D eigenvalue weighted by molar-refractivity contribution is 7.46. The third-order valence-electron chi connectivity index (χ3n) is 24.1.